The van der Waals surface area contributed by atoms with Crippen LogP contribution in [0.3, 0.4) is 0 Å². The van der Waals surface area contributed by atoms with Gasteiger partial charge in [-0.3, -0.25) is 4.79 Å². The van der Waals surface area contributed by atoms with E-state index < -0.39 is 0 Å². The molecule has 4 nitrogen and oxygen atoms in total. The lowest BCUT2D eigenvalue weighted by Gasteiger charge is -2.16. The summed E-state index contributed by atoms with van der Waals surface area (Å²) in [5.41, 5.74) is 1.37. The highest BCUT2D eigenvalue weighted by molar-refractivity contribution is 6.00. The van der Waals surface area contributed by atoms with Crippen molar-refractivity contribution in [2.45, 2.75) is 6.92 Å². The molecule has 0 heterocycles. The number of nitrogens with one attached hydrogen (secondary N) is 1. The molecule has 2 aromatic rings. The van der Waals surface area contributed by atoms with E-state index in [4.69, 9.17) is 0 Å². The highest BCUT2D eigenvalue weighted by Crippen LogP contribution is 2.26. The number of amides is 1. The van der Waals surface area contributed by atoms with Gasteiger partial charge in [0.1, 0.15) is 11.6 Å². The molecule has 4 heteroatoms. The zero-order valence-corrected chi connectivity index (χ0v) is 11.9. The number of benzene rings is 2. The van der Waals surface area contributed by atoms with Gasteiger partial charge in [0, 0.05) is 19.7 Å². The third-order valence-electron chi connectivity index (χ3n) is 3.32. The fraction of sp³-hybridized carbons (Fsp3) is 0.188. The van der Waals surface area contributed by atoms with Crippen LogP contribution >= 0.6 is 0 Å². The highest BCUT2D eigenvalue weighted by atomic mass is 16.3. The first-order valence-corrected chi connectivity index (χ1v) is 6.30. The van der Waals surface area contributed by atoms with Crippen LogP contribution in [0.5, 0.6) is 5.75 Å². The predicted molar refractivity (Wildman–Crippen MR) is 80.6 cm³/mol. The molecule has 0 aliphatic heterocycles. The van der Waals surface area contributed by atoms with E-state index in [1.807, 2.05) is 27.1 Å². The maximum Gasteiger partial charge on any atom is 0.256 e. The first-order chi connectivity index (χ1) is 9.40. The molecule has 0 radical (unpaired) electrons. The third kappa shape index (κ3) is 2.59. The first kappa shape index (κ1) is 13.9. The van der Waals surface area contributed by atoms with E-state index in [2.05, 4.69) is 11.9 Å². The number of hydrogen-bond acceptors (Lipinski definition) is 3. The van der Waals surface area contributed by atoms with Crippen molar-refractivity contribution in [3.05, 3.63) is 53.9 Å². The molecule has 1 amide bonds. The standard InChI is InChI=1S/C16H18N2O2/c1-10-14-7-5-13(9-12(14)6-8-15(10)19)16(20)17-11(2)18(3)4/h5-9,19H,2H2,1,3-4H3,(H,17,20). The van der Waals surface area contributed by atoms with Crippen molar-refractivity contribution >= 4 is 16.7 Å². The molecular weight excluding hydrogens is 252 g/mol. The number of rotatable bonds is 3. The maximum atomic E-state index is 12.1. The monoisotopic (exact) mass is 270 g/mol. The van der Waals surface area contributed by atoms with Gasteiger partial charge in [-0.25, -0.2) is 0 Å². The van der Waals surface area contributed by atoms with Gasteiger partial charge in [0.05, 0.1) is 0 Å². The van der Waals surface area contributed by atoms with Gasteiger partial charge in [-0.2, -0.15) is 0 Å². The Morgan fingerprint density at radius 3 is 2.60 bits per heavy atom. The molecule has 2 N–H and O–H groups in total. The molecule has 2 rings (SSSR count). The number of aryl methyl sites for hydroxylation is 1. The number of phenolic OH excluding ortho intramolecular Hbond substituents is 1. The maximum absolute atomic E-state index is 12.1. The van der Waals surface area contributed by atoms with Gasteiger partial charge in [-0.15, -0.1) is 0 Å². The molecule has 20 heavy (non-hydrogen) atoms. The molecule has 0 atom stereocenters. The van der Waals surface area contributed by atoms with Gasteiger partial charge in [-0.1, -0.05) is 18.7 Å². The summed E-state index contributed by atoms with van der Waals surface area (Å²) in [5, 5.41) is 14.3. The van der Waals surface area contributed by atoms with Crippen LogP contribution < -0.4 is 5.32 Å². The molecule has 0 saturated heterocycles. The largest absolute Gasteiger partial charge is 0.508 e. The van der Waals surface area contributed by atoms with Crippen LogP contribution in [0, 0.1) is 6.92 Å². The zero-order valence-electron chi connectivity index (χ0n) is 11.9. The number of phenols is 1. The molecule has 0 saturated carbocycles. The van der Waals surface area contributed by atoms with Crippen LogP contribution in [0.25, 0.3) is 10.8 Å². The molecule has 104 valence electrons. The molecule has 0 aliphatic rings. The molecular formula is C16H18N2O2. The molecule has 0 aromatic heterocycles. The smallest absolute Gasteiger partial charge is 0.256 e. The molecule has 0 aliphatic carbocycles. The summed E-state index contributed by atoms with van der Waals surface area (Å²) >= 11 is 0. The molecule has 0 spiro atoms. The lowest BCUT2D eigenvalue weighted by molar-refractivity contribution is 0.0956. The molecule has 0 unspecified atom stereocenters. The predicted octanol–water partition coefficient (Wildman–Crippen LogP) is 2.62. The minimum atomic E-state index is -0.198. The third-order valence-corrected chi connectivity index (χ3v) is 3.32. The second-order valence-electron chi connectivity index (χ2n) is 4.94. The van der Waals surface area contributed by atoms with Gasteiger partial charge in [0.2, 0.25) is 0 Å². The number of carbonyl (C=O) groups is 1. The Hall–Kier alpha value is -2.49. The van der Waals surface area contributed by atoms with E-state index in [0.29, 0.717) is 11.4 Å². The summed E-state index contributed by atoms with van der Waals surface area (Å²) in [6, 6.07) is 8.83. The Bertz CT molecular complexity index is 690. The van der Waals surface area contributed by atoms with E-state index in [9.17, 15) is 9.90 Å². The van der Waals surface area contributed by atoms with Gasteiger partial charge in [-0.05, 0) is 41.5 Å². The van der Waals surface area contributed by atoms with Crippen molar-refractivity contribution in [1.29, 1.82) is 0 Å². The summed E-state index contributed by atoms with van der Waals surface area (Å²) < 4.78 is 0. The summed E-state index contributed by atoms with van der Waals surface area (Å²) in [6.45, 7) is 5.62. The Morgan fingerprint density at radius 1 is 1.25 bits per heavy atom. The van der Waals surface area contributed by atoms with Crippen molar-refractivity contribution < 1.29 is 9.90 Å². The fourth-order valence-electron chi connectivity index (χ4n) is 1.93. The highest BCUT2D eigenvalue weighted by Gasteiger charge is 2.10. The summed E-state index contributed by atoms with van der Waals surface area (Å²) in [5.74, 6) is 0.601. The number of hydrogen-bond donors (Lipinski definition) is 2. The number of fused-ring (bicyclic) bond motifs is 1. The van der Waals surface area contributed by atoms with Crippen molar-refractivity contribution in [2.75, 3.05) is 14.1 Å². The minimum Gasteiger partial charge on any atom is -0.508 e. The second-order valence-corrected chi connectivity index (χ2v) is 4.94. The lowest BCUT2D eigenvalue weighted by Crippen LogP contribution is -2.30. The van der Waals surface area contributed by atoms with Crippen molar-refractivity contribution in [3.8, 4) is 5.75 Å². The van der Waals surface area contributed by atoms with E-state index >= 15 is 0 Å². The van der Waals surface area contributed by atoms with Gasteiger partial charge >= 0.3 is 0 Å². The first-order valence-electron chi connectivity index (χ1n) is 6.30. The molecule has 0 fully saturated rings. The average molecular weight is 270 g/mol. The van der Waals surface area contributed by atoms with E-state index in [1.165, 1.54) is 0 Å². The van der Waals surface area contributed by atoms with Crippen LogP contribution in [0.2, 0.25) is 0 Å². The van der Waals surface area contributed by atoms with Gasteiger partial charge < -0.3 is 15.3 Å². The van der Waals surface area contributed by atoms with E-state index in [0.717, 1.165) is 16.3 Å². The van der Waals surface area contributed by atoms with Gasteiger partial charge in [0.25, 0.3) is 5.91 Å². The molecule has 0 bridgehead atoms. The lowest BCUT2D eigenvalue weighted by atomic mass is 10.0. The minimum absolute atomic E-state index is 0.198. The second kappa shape index (κ2) is 5.25. The van der Waals surface area contributed by atoms with E-state index in [1.54, 1.807) is 29.2 Å². The Kier molecular flexibility index (Phi) is 3.66. The van der Waals surface area contributed by atoms with Crippen LogP contribution in [-0.4, -0.2) is 30.0 Å². The van der Waals surface area contributed by atoms with Gasteiger partial charge in [0.15, 0.2) is 0 Å². The van der Waals surface area contributed by atoms with Crippen LogP contribution in [-0.2, 0) is 0 Å². The van der Waals surface area contributed by atoms with Crippen molar-refractivity contribution in [3.63, 3.8) is 0 Å². The van der Waals surface area contributed by atoms with Crippen LogP contribution in [0.4, 0.5) is 0 Å². The van der Waals surface area contributed by atoms with Crippen molar-refractivity contribution in [2.24, 2.45) is 0 Å². The summed E-state index contributed by atoms with van der Waals surface area (Å²) in [6.07, 6.45) is 0. The molecule has 2 aromatic carbocycles. The van der Waals surface area contributed by atoms with Crippen molar-refractivity contribution in [1.82, 2.24) is 10.2 Å². The number of aromatic hydroxyl groups is 1. The summed E-state index contributed by atoms with van der Waals surface area (Å²) in [7, 11) is 3.63. The average Bonchev–Trinajstić information content (AvgIpc) is 2.42. The fourth-order valence-corrected chi connectivity index (χ4v) is 1.93. The van der Waals surface area contributed by atoms with Crippen LogP contribution in [0.15, 0.2) is 42.7 Å². The Morgan fingerprint density at radius 2 is 1.95 bits per heavy atom. The Balaban J connectivity index is 2.35. The summed E-state index contributed by atoms with van der Waals surface area (Å²) in [4.78, 5) is 13.8. The zero-order chi connectivity index (χ0) is 14.9. The number of nitrogens with zero attached hydrogens (tertiary/aromatic N) is 1. The SMILES string of the molecule is C=C(NC(=O)c1ccc2c(C)c(O)ccc2c1)N(C)C. The van der Waals surface area contributed by atoms with E-state index in [-0.39, 0.29) is 11.7 Å². The topological polar surface area (TPSA) is 52.6 Å². The number of carbonyl (C=O) groups excluding carboxylic acids is 1. The quantitative estimate of drug-likeness (QED) is 0.901. The Labute approximate surface area is 118 Å². The normalized spacial score (nSPS) is 10.3. The van der Waals surface area contributed by atoms with Crippen LogP contribution in [0.1, 0.15) is 15.9 Å².